The first kappa shape index (κ1) is 23.0. The zero-order chi connectivity index (χ0) is 23.4. The second-order valence-electron chi connectivity index (χ2n) is 7.63. The predicted octanol–water partition coefficient (Wildman–Crippen LogP) is 3.81. The first-order chi connectivity index (χ1) is 15.8. The summed E-state index contributed by atoms with van der Waals surface area (Å²) in [4.78, 5) is 18.4. The van der Waals surface area contributed by atoms with Gasteiger partial charge >= 0.3 is 0 Å². The van der Waals surface area contributed by atoms with Crippen LogP contribution in [0.4, 0.5) is 0 Å². The number of rotatable bonds is 8. The first-order valence-electron chi connectivity index (χ1n) is 10.3. The summed E-state index contributed by atoms with van der Waals surface area (Å²) in [5, 5.41) is 2.87. The van der Waals surface area contributed by atoms with E-state index in [1.807, 2.05) is 47.1 Å². The standard InChI is InChI=1S/C24H24N4O3S2/c1-27(2)33(30,31)22-12-6-18(7-13-22)15-25-24(29)19-8-10-21(11-9-19)32-17-20-16-28-14-4-3-5-23(28)26-20/h3-14,16H,15,17H2,1-2H3,(H,25,29). The molecule has 2 aromatic heterocycles. The SMILES string of the molecule is CN(C)S(=O)(=O)c1ccc(CNC(=O)c2ccc(SCc3cn4ccccc4n3)cc2)cc1. The number of pyridine rings is 1. The van der Waals surface area contributed by atoms with Crippen LogP contribution in [0.3, 0.4) is 0 Å². The van der Waals surface area contributed by atoms with Gasteiger partial charge in [-0.1, -0.05) is 18.2 Å². The maximum Gasteiger partial charge on any atom is 0.251 e. The smallest absolute Gasteiger partial charge is 0.251 e. The number of nitrogens with zero attached hydrogens (tertiary/aromatic N) is 3. The number of carbonyl (C=O) groups is 1. The molecule has 4 rings (SSSR count). The van der Waals surface area contributed by atoms with Crippen molar-refractivity contribution in [3.63, 3.8) is 0 Å². The highest BCUT2D eigenvalue weighted by molar-refractivity contribution is 7.98. The molecule has 33 heavy (non-hydrogen) atoms. The highest BCUT2D eigenvalue weighted by Gasteiger charge is 2.16. The van der Waals surface area contributed by atoms with Crippen LogP contribution in [0.25, 0.3) is 5.65 Å². The summed E-state index contributed by atoms with van der Waals surface area (Å²) in [7, 11) is -0.477. The number of aromatic nitrogens is 2. The van der Waals surface area contributed by atoms with E-state index < -0.39 is 10.0 Å². The van der Waals surface area contributed by atoms with E-state index in [1.165, 1.54) is 18.4 Å². The molecule has 0 aliphatic heterocycles. The number of fused-ring (bicyclic) bond motifs is 1. The predicted molar refractivity (Wildman–Crippen MR) is 130 cm³/mol. The van der Waals surface area contributed by atoms with Crippen LogP contribution in [-0.2, 0) is 22.3 Å². The lowest BCUT2D eigenvalue weighted by atomic mass is 10.2. The Labute approximate surface area is 197 Å². The molecule has 2 aromatic carbocycles. The second kappa shape index (κ2) is 9.78. The number of hydrogen-bond donors (Lipinski definition) is 1. The molecule has 4 aromatic rings. The molecule has 1 amide bonds. The fraction of sp³-hybridized carbons (Fsp3) is 0.167. The number of benzene rings is 2. The van der Waals surface area contributed by atoms with Gasteiger partial charge in [-0.25, -0.2) is 17.7 Å². The molecule has 7 nitrogen and oxygen atoms in total. The molecule has 9 heteroatoms. The molecule has 0 bridgehead atoms. The van der Waals surface area contributed by atoms with Gasteiger partial charge in [-0.15, -0.1) is 11.8 Å². The van der Waals surface area contributed by atoms with E-state index in [-0.39, 0.29) is 10.8 Å². The van der Waals surface area contributed by atoms with Crippen LogP contribution >= 0.6 is 11.8 Å². The maximum atomic E-state index is 12.5. The molecule has 0 atom stereocenters. The Morgan fingerprint density at radius 3 is 2.42 bits per heavy atom. The quantitative estimate of drug-likeness (QED) is 0.388. The molecular weight excluding hydrogens is 456 g/mol. The van der Waals surface area contributed by atoms with Gasteiger partial charge in [0.2, 0.25) is 10.0 Å². The molecule has 0 unspecified atom stereocenters. The molecule has 2 heterocycles. The Kier molecular flexibility index (Phi) is 6.83. The fourth-order valence-corrected chi connectivity index (χ4v) is 4.87. The van der Waals surface area contributed by atoms with Gasteiger partial charge in [-0.2, -0.15) is 0 Å². The van der Waals surface area contributed by atoms with Crippen LogP contribution in [0.5, 0.6) is 0 Å². The van der Waals surface area contributed by atoms with Gasteiger partial charge in [0.05, 0.1) is 10.6 Å². The average Bonchev–Trinajstić information content (AvgIpc) is 3.25. The number of nitrogens with one attached hydrogen (secondary N) is 1. The van der Waals surface area contributed by atoms with Gasteiger partial charge < -0.3 is 9.72 Å². The van der Waals surface area contributed by atoms with E-state index in [2.05, 4.69) is 10.3 Å². The van der Waals surface area contributed by atoms with Crippen LogP contribution in [0.15, 0.2) is 88.9 Å². The normalized spacial score (nSPS) is 11.7. The first-order valence-corrected chi connectivity index (χ1v) is 12.7. The van der Waals surface area contributed by atoms with Crippen molar-refractivity contribution in [3.8, 4) is 0 Å². The Balaban J connectivity index is 1.31. The highest BCUT2D eigenvalue weighted by Crippen LogP contribution is 2.23. The Bertz CT molecular complexity index is 1330. The van der Waals surface area contributed by atoms with Crippen molar-refractivity contribution in [1.82, 2.24) is 19.0 Å². The molecule has 1 N–H and O–H groups in total. The van der Waals surface area contributed by atoms with Crippen LogP contribution in [-0.4, -0.2) is 42.1 Å². The average molecular weight is 481 g/mol. The lowest BCUT2D eigenvalue weighted by Crippen LogP contribution is -2.23. The summed E-state index contributed by atoms with van der Waals surface area (Å²) in [5.41, 5.74) is 3.31. The van der Waals surface area contributed by atoms with Crippen LogP contribution in [0.1, 0.15) is 21.6 Å². The number of sulfonamides is 1. The van der Waals surface area contributed by atoms with Crippen molar-refractivity contribution >= 4 is 33.3 Å². The van der Waals surface area contributed by atoms with Crippen molar-refractivity contribution in [2.45, 2.75) is 22.1 Å². The Morgan fingerprint density at radius 1 is 1.03 bits per heavy atom. The van der Waals surface area contributed by atoms with Crippen molar-refractivity contribution in [2.24, 2.45) is 0 Å². The summed E-state index contributed by atoms with van der Waals surface area (Å²) < 4.78 is 27.4. The number of thioether (sulfide) groups is 1. The summed E-state index contributed by atoms with van der Waals surface area (Å²) >= 11 is 1.66. The van der Waals surface area contributed by atoms with Crippen molar-refractivity contribution in [2.75, 3.05) is 14.1 Å². The molecule has 0 saturated carbocycles. The third-order valence-electron chi connectivity index (χ3n) is 5.07. The van der Waals surface area contributed by atoms with Gasteiger partial charge in [-0.05, 0) is 54.1 Å². The number of carbonyl (C=O) groups excluding carboxylic acids is 1. The van der Waals surface area contributed by atoms with Gasteiger partial charge in [0, 0.05) is 49.2 Å². The minimum absolute atomic E-state index is 0.183. The fourth-order valence-electron chi connectivity index (χ4n) is 3.19. The van der Waals surface area contributed by atoms with E-state index in [9.17, 15) is 13.2 Å². The number of hydrogen-bond acceptors (Lipinski definition) is 5. The maximum absolute atomic E-state index is 12.5. The summed E-state index contributed by atoms with van der Waals surface area (Å²) in [6.45, 7) is 0.311. The van der Waals surface area contributed by atoms with Crippen molar-refractivity contribution in [3.05, 3.63) is 95.9 Å². The zero-order valence-electron chi connectivity index (χ0n) is 18.3. The molecule has 0 fully saturated rings. The molecule has 0 spiro atoms. The van der Waals surface area contributed by atoms with E-state index in [4.69, 9.17) is 0 Å². The van der Waals surface area contributed by atoms with Crippen LogP contribution < -0.4 is 5.32 Å². The Morgan fingerprint density at radius 2 is 1.76 bits per heavy atom. The molecule has 0 aliphatic rings. The van der Waals surface area contributed by atoms with Gasteiger partial charge in [0.1, 0.15) is 5.65 Å². The van der Waals surface area contributed by atoms with Gasteiger partial charge in [-0.3, -0.25) is 4.79 Å². The lowest BCUT2D eigenvalue weighted by Gasteiger charge is -2.12. The molecule has 0 saturated heterocycles. The topological polar surface area (TPSA) is 83.8 Å². The summed E-state index contributed by atoms with van der Waals surface area (Å²) in [6, 6.07) is 19.9. The minimum Gasteiger partial charge on any atom is -0.348 e. The summed E-state index contributed by atoms with van der Waals surface area (Å²) in [6.07, 6.45) is 4.00. The molecule has 0 aliphatic carbocycles. The minimum atomic E-state index is -3.46. The molecular formula is C24H24N4O3S2. The highest BCUT2D eigenvalue weighted by atomic mass is 32.2. The Hall–Kier alpha value is -3.14. The lowest BCUT2D eigenvalue weighted by molar-refractivity contribution is 0.0951. The third-order valence-corrected chi connectivity index (χ3v) is 7.95. The van der Waals surface area contributed by atoms with Crippen LogP contribution in [0, 0.1) is 0 Å². The number of amides is 1. The van der Waals surface area contributed by atoms with Crippen molar-refractivity contribution < 1.29 is 13.2 Å². The van der Waals surface area contributed by atoms with E-state index in [0.717, 1.165) is 27.6 Å². The van der Waals surface area contributed by atoms with E-state index in [0.29, 0.717) is 12.1 Å². The van der Waals surface area contributed by atoms with E-state index in [1.54, 1.807) is 48.2 Å². The van der Waals surface area contributed by atoms with Gasteiger partial charge in [0.15, 0.2) is 0 Å². The van der Waals surface area contributed by atoms with E-state index >= 15 is 0 Å². The second-order valence-corrected chi connectivity index (χ2v) is 10.8. The largest absolute Gasteiger partial charge is 0.348 e. The van der Waals surface area contributed by atoms with Crippen molar-refractivity contribution in [1.29, 1.82) is 0 Å². The molecule has 0 radical (unpaired) electrons. The third kappa shape index (κ3) is 5.44. The molecule has 170 valence electrons. The van der Waals surface area contributed by atoms with Crippen LogP contribution in [0.2, 0.25) is 0 Å². The number of imidazole rings is 1. The monoisotopic (exact) mass is 480 g/mol. The zero-order valence-corrected chi connectivity index (χ0v) is 19.9. The summed E-state index contributed by atoms with van der Waals surface area (Å²) in [5.74, 6) is 0.559. The van der Waals surface area contributed by atoms with Gasteiger partial charge in [0.25, 0.3) is 5.91 Å².